The van der Waals surface area contributed by atoms with Crippen LogP contribution in [0, 0.1) is 11.6 Å². The van der Waals surface area contributed by atoms with E-state index in [2.05, 4.69) is 6.58 Å². The van der Waals surface area contributed by atoms with Crippen LogP contribution in [-0.2, 0) is 16.0 Å². The molecule has 0 aliphatic carbocycles. The third-order valence-corrected chi connectivity index (χ3v) is 1.98. The van der Waals surface area contributed by atoms with Crippen LogP contribution in [0.25, 0.3) is 0 Å². The van der Waals surface area contributed by atoms with E-state index in [9.17, 15) is 13.6 Å². The summed E-state index contributed by atoms with van der Waals surface area (Å²) in [6.07, 6.45) is 0.0188. The van der Waals surface area contributed by atoms with E-state index in [0.29, 0.717) is 0 Å². The fourth-order valence-electron chi connectivity index (χ4n) is 1.20. The molecule has 16 heavy (non-hydrogen) atoms. The second-order valence-electron chi connectivity index (χ2n) is 3.24. The lowest BCUT2D eigenvalue weighted by Gasteiger charge is -2.06. The Hall–Kier alpha value is -1.71. The van der Waals surface area contributed by atoms with Crippen molar-refractivity contribution in [3.05, 3.63) is 47.5 Å². The van der Waals surface area contributed by atoms with Crippen LogP contribution in [0.15, 0.2) is 30.4 Å². The third-order valence-electron chi connectivity index (χ3n) is 1.98. The van der Waals surface area contributed by atoms with Gasteiger partial charge in [-0.2, -0.15) is 0 Å². The van der Waals surface area contributed by atoms with E-state index in [1.165, 1.54) is 6.07 Å². The molecule has 0 aliphatic heterocycles. The number of carbonyl (C=O) groups is 1. The standard InChI is InChI=1S/C12H12F2O2/c1-3-16-12(15)8(2)6-9-4-5-10(13)7-11(9)14/h4-5,7H,2-3,6H2,1H3. The average molecular weight is 226 g/mol. The highest BCUT2D eigenvalue weighted by Gasteiger charge is 2.11. The number of hydrogen-bond donors (Lipinski definition) is 0. The molecule has 2 nitrogen and oxygen atoms in total. The molecule has 0 N–H and O–H groups in total. The van der Waals surface area contributed by atoms with Crippen molar-refractivity contribution >= 4 is 5.97 Å². The lowest BCUT2D eigenvalue weighted by molar-refractivity contribution is -0.138. The number of halogens is 2. The Morgan fingerprint density at radius 1 is 1.44 bits per heavy atom. The Kier molecular flexibility index (Phi) is 4.17. The van der Waals surface area contributed by atoms with Crippen LogP contribution >= 0.6 is 0 Å². The van der Waals surface area contributed by atoms with E-state index in [1.807, 2.05) is 0 Å². The number of hydrogen-bond acceptors (Lipinski definition) is 2. The van der Waals surface area contributed by atoms with Crippen molar-refractivity contribution in [2.45, 2.75) is 13.3 Å². The minimum absolute atomic E-state index is 0.0188. The van der Waals surface area contributed by atoms with Crippen LogP contribution in [-0.4, -0.2) is 12.6 Å². The molecule has 0 radical (unpaired) electrons. The van der Waals surface area contributed by atoms with Crippen molar-refractivity contribution in [3.8, 4) is 0 Å². The molecule has 1 rings (SSSR count). The number of carbonyl (C=O) groups excluding carboxylic acids is 1. The monoisotopic (exact) mass is 226 g/mol. The third kappa shape index (κ3) is 3.15. The molecule has 0 amide bonds. The predicted molar refractivity (Wildman–Crippen MR) is 55.8 cm³/mol. The van der Waals surface area contributed by atoms with E-state index >= 15 is 0 Å². The summed E-state index contributed by atoms with van der Waals surface area (Å²) < 4.78 is 30.5. The molecule has 0 aromatic heterocycles. The zero-order valence-electron chi connectivity index (χ0n) is 8.93. The quantitative estimate of drug-likeness (QED) is 0.582. The Morgan fingerprint density at radius 3 is 2.69 bits per heavy atom. The van der Waals surface area contributed by atoms with Gasteiger partial charge in [-0.1, -0.05) is 12.6 Å². The second-order valence-corrected chi connectivity index (χ2v) is 3.24. The maximum Gasteiger partial charge on any atom is 0.333 e. The van der Waals surface area contributed by atoms with E-state index in [-0.39, 0.29) is 24.2 Å². The maximum atomic E-state index is 13.2. The molecule has 0 atom stereocenters. The Morgan fingerprint density at radius 2 is 2.12 bits per heavy atom. The average Bonchev–Trinajstić information content (AvgIpc) is 2.22. The lowest BCUT2D eigenvalue weighted by Crippen LogP contribution is -2.09. The molecule has 0 bridgehead atoms. The number of ether oxygens (including phenoxy) is 1. The molecule has 0 fully saturated rings. The van der Waals surface area contributed by atoms with Crippen molar-refractivity contribution in [1.29, 1.82) is 0 Å². The van der Waals surface area contributed by atoms with Crippen molar-refractivity contribution in [1.82, 2.24) is 0 Å². The normalized spacial score (nSPS) is 9.94. The summed E-state index contributed by atoms with van der Waals surface area (Å²) in [5.74, 6) is -1.90. The number of esters is 1. The lowest BCUT2D eigenvalue weighted by atomic mass is 10.1. The fraction of sp³-hybridized carbons (Fsp3) is 0.250. The van der Waals surface area contributed by atoms with Gasteiger partial charge in [0.1, 0.15) is 11.6 Å². The predicted octanol–water partition coefficient (Wildman–Crippen LogP) is 2.63. The summed E-state index contributed by atoms with van der Waals surface area (Å²) in [5, 5.41) is 0. The van der Waals surface area contributed by atoms with Crippen molar-refractivity contribution < 1.29 is 18.3 Å². The first-order chi connectivity index (χ1) is 7.54. The van der Waals surface area contributed by atoms with Crippen LogP contribution in [0.2, 0.25) is 0 Å². The summed E-state index contributed by atoms with van der Waals surface area (Å²) in [7, 11) is 0. The van der Waals surface area contributed by atoms with Crippen molar-refractivity contribution in [2.24, 2.45) is 0 Å². The smallest absolute Gasteiger partial charge is 0.333 e. The first-order valence-electron chi connectivity index (χ1n) is 4.83. The van der Waals surface area contributed by atoms with Gasteiger partial charge in [0.05, 0.1) is 6.61 Å². The molecule has 0 spiro atoms. The minimum atomic E-state index is -0.689. The van der Waals surface area contributed by atoms with Gasteiger partial charge < -0.3 is 4.74 Å². The van der Waals surface area contributed by atoms with Crippen molar-refractivity contribution in [2.75, 3.05) is 6.61 Å². The summed E-state index contributed by atoms with van der Waals surface area (Å²) in [6.45, 7) is 5.41. The maximum absolute atomic E-state index is 13.2. The molecule has 0 saturated carbocycles. The number of benzene rings is 1. The first-order valence-corrected chi connectivity index (χ1v) is 4.83. The van der Waals surface area contributed by atoms with Gasteiger partial charge in [-0.15, -0.1) is 0 Å². The molecule has 1 aromatic carbocycles. The summed E-state index contributed by atoms with van der Waals surface area (Å²) in [6, 6.07) is 3.19. The zero-order valence-corrected chi connectivity index (χ0v) is 8.93. The zero-order chi connectivity index (χ0) is 12.1. The number of rotatable bonds is 4. The van der Waals surface area contributed by atoms with Crippen LogP contribution in [0.4, 0.5) is 8.78 Å². The molecular formula is C12H12F2O2. The summed E-state index contributed by atoms with van der Waals surface area (Å²) in [4.78, 5) is 11.2. The van der Waals surface area contributed by atoms with Crippen molar-refractivity contribution in [3.63, 3.8) is 0 Å². The minimum Gasteiger partial charge on any atom is -0.463 e. The SMILES string of the molecule is C=C(Cc1ccc(F)cc1F)C(=O)OCC. The van der Waals surface area contributed by atoms with Gasteiger partial charge >= 0.3 is 5.97 Å². The van der Waals surface area contributed by atoms with E-state index in [4.69, 9.17) is 4.74 Å². The molecule has 0 unspecified atom stereocenters. The molecule has 86 valence electrons. The highest BCUT2D eigenvalue weighted by molar-refractivity contribution is 5.88. The Bertz CT molecular complexity index is 413. The molecule has 0 saturated heterocycles. The topological polar surface area (TPSA) is 26.3 Å². The Labute approximate surface area is 92.5 Å². The Balaban J connectivity index is 2.73. The largest absolute Gasteiger partial charge is 0.463 e. The van der Waals surface area contributed by atoms with E-state index in [0.717, 1.165) is 12.1 Å². The van der Waals surface area contributed by atoms with E-state index < -0.39 is 17.6 Å². The van der Waals surface area contributed by atoms with Gasteiger partial charge in [-0.3, -0.25) is 0 Å². The highest BCUT2D eigenvalue weighted by Crippen LogP contribution is 2.14. The molecule has 1 aromatic rings. The first kappa shape index (κ1) is 12.4. The van der Waals surface area contributed by atoms with Crippen LogP contribution in [0.5, 0.6) is 0 Å². The van der Waals surface area contributed by atoms with Crippen LogP contribution < -0.4 is 0 Å². The van der Waals surface area contributed by atoms with Gasteiger partial charge in [0.25, 0.3) is 0 Å². The summed E-state index contributed by atoms with van der Waals surface area (Å²) in [5.41, 5.74) is 0.367. The van der Waals surface area contributed by atoms with Crippen LogP contribution in [0.1, 0.15) is 12.5 Å². The second kappa shape index (κ2) is 5.39. The van der Waals surface area contributed by atoms with Gasteiger partial charge in [-0.05, 0) is 18.6 Å². The molecular weight excluding hydrogens is 214 g/mol. The van der Waals surface area contributed by atoms with Gasteiger partial charge in [0, 0.05) is 18.1 Å². The molecule has 0 heterocycles. The summed E-state index contributed by atoms with van der Waals surface area (Å²) >= 11 is 0. The van der Waals surface area contributed by atoms with Gasteiger partial charge in [0.15, 0.2) is 0 Å². The highest BCUT2D eigenvalue weighted by atomic mass is 19.1. The fourth-order valence-corrected chi connectivity index (χ4v) is 1.20. The molecule has 4 heteroatoms. The van der Waals surface area contributed by atoms with Crippen LogP contribution in [0.3, 0.4) is 0 Å². The van der Waals surface area contributed by atoms with E-state index in [1.54, 1.807) is 6.92 Å². The molecule has 0 aliphatic rings. The van der Waals surface area contributed by atoms with Gasteiger partial charge in [-0.25, -0.2) is 13.6 Å². The van der Waals surface area contributed by atoms with Gasteiger partial charge in [0.2, 0.25) is 0 Å².